The fourth-order valence-electron chi connectivity index (χ4n) is 1.74. The molecule has 1 aliphatic rings. The normalized spacial score (nSPS) is 22.6. The predicted molar refractivity (Wildman–Crippen MR) is 57.7 cm³/mol. The van der Waals surface area contributed by atoms with Crippen LogP contribution in [0.5, 0.6) is 0 Å². The molecule has 2 amide bonds. The second-order valence-electron chi connectivity index (χ2n) is 3.75. The molecule has 6 heteroatoms. The molecule has 0 aromatic heterocycles. The van der Waals surface area contributed by atoms with Gasteiger partial charge in [-0.25, -0.2) is 5.48 Å². The lowest BCUT2D eigenvalue weighted by Crippen LogP contribution is -2.47. The zero-order chi connectivity index (χ0) is 11.4. The van der Waals surface area contributed by atoms with E-state index in [4.69, 9.17) is 5.21 Å². The Morgan fingerprint density at radius 2 is 2.33 bits per heavy atom. The van der Waals surface area contributed by atoms with Crippen molar-refractivity contribution < 1.29 is 14.8 Å². The van der Waals surface area contributed by atoms with E-state index in [1.165, 1.54) is 4.90 Å². The highest BCUT2D eigenvalue weighted by molar-refractivity contribution is 7.80. The molecule has 0 unspecified atom stereocenters. The lowest BCUT2D eigenvalue weighted by Gasteiger charge is -2.25. The lowest BCUT2D eigenvalue weighted by molar-refractivity contribution is -0.144. The Morgan fingerprint density at radius 3 is 2.87 bits per heavy atom. The van der Waals surface area contributed by atoms with Gasteiger partial charge in [0.25, 0.3) is 5.91 Å². The van der Waals surface area contributed by atoms with Crippen LogP contribution in [0.2, 0.25) is 0 Å². The average molecular weight is 232 g/mol. The minimum absolute atomic E-state index is 0.0731. The zero-order valence-corrected chi connectivity index (χ0v) is 9.54. The van der Waals surface area contributed by atoms with Crippen LogP contribution >= 0.6 is 12.6 Å². The zero-order valence-electron chi connectivity index (χ0n) is 8.64. The minimum atomic E-state index is -0.523. The van der Waals surface area contributed by atoms with Gasteiger partial charge in [-0.3, -0.25) is 14.8 Å². The van der Waals surface area contributed by atoms with Crippen LogP contribution in [0.1, 0.15) is 19.8 Å². The first kappa shape index (κ1) is 12.3. The van der Waals surface area contributed by atoms with E-state index in [9.17, 15) is 9.59 Å². The van der Waals surface area contributed by atoms with Crippen LogP contribution in [0, 0.1) is 5.92 Å². The van der Waals surface area contributed by atoms with Crippen molar-refractivity contribution in [1.29, 1.82) is 0 Å². The summed E-state index contributed by atoms with van der Waals surface area (Å²) in [6.07, 6.45) is 1.40. The van der Waals surface area contributed by atoms with Gasteiger partial charge in [0.1, 0.15) is 6.04 Å². The highest BCUT2D eigenvalue weighted by Gasteiger charge is 2.35. The molecule has 1 saturated heterocycles. The number of nitrogens with one attached hydrogen (secondary N) is 1. The number of hydrogen-bond donors (Lipinski definition) is 3. The van der Waals surface area contributed by atoms with Crippen LogP contribution in [0.15, 0.2) is 0 Å². The van der Waals surface area contributed by atoms with Gasteiger partial charge >= 0.3 is 0 Å². The quantitative estimate of drug-likeness (QED) is 0.366. The summed E-state index contributed by atoms with van der Waals surface area (Å²) in [6, 6.07) is -0.523. The Morgan fingerprint density at radius 1 is 1.67 bits per heavy atom. The largest absolute Gasteiger partial charge is 0.330 e. The molecule has 0 bridgehead atoms. The van der Waals surface area contributed by atoms with E-state index in [1.807, 2.05) is 0 Å². The Kier molecular flexibility index (Phi) is 4.41. The van der Waals surface area contributed by atoms with Crippen LogP contribution in [0.4, 0.5) is 0 Å². The Hall–Kier alpha value is -0.750. The fraction of sp³-hybridized carbons (Fsp3) is 0.778. The monoisotopic (exact) mass is 232 g/mol. The van der Waals surface area contributed by atoms with Crippen molar-refractivity contribution in [1.82, 2.24) is 10.4 Å². The van der Waals surface area contributed by atoms with Crippen molar-refractivity contribution in [2.45, 2.75) is 25.8 Å². The number of thiol groups is 1. The van der Waals surface area contributed by atoms with Gasteiger partial charge in [-0.15, -0.1) is 0 Å². The molecule has 5 nitrogen and oxygen atoms in total. The van der Waals surface area contributed by atoms with Crippen LogP contribution in [0.25, 0.3) is 0 Å². The van der Waals surface area contributed by atoms with Gasteiger partial charge in [0, 0.05) is 18.2 Å². The first-order valence-electron chi connectivity index (χ1n) is 4.97. The maximum absolute atomic E-state index is 11.8. The van der Waals surface area contributed by atoms with Crippen molar-refractivity contribution in [3.8, 4) is 0 Å². The number of hydroxylamine groups is 1. The highest BCUT2D eigenvalue weighted by atomic mass is 32.1. The third kappa shape index (κ3) is 2.63. The molecule has 0 saturated carbocycles. The standard InChI is InChI=1S/C9H16N2O3S/c1-6(5-15)9(13)11-4-2-3-7(11)8(12)10-14/h6-7,14-15H,2-5H2,1H3,(H,10,12)/t6-,7-/m0/s1. The van der Waals surface area contributed by atoms with Gasteiger partial charge in [-0.1, -0.05) is 6.92 Å². The van der Waals surface area contributed by atoms with Gasteiger partial charge < -0.3 is 4.90 Å². The Balaban J connectivity index is 2.68. The Labute approximate surface area is 94.2 Å². The predicted octanol–water partition coefficient (Wildman–Crippen LogP) is 0.0487. The summed E-state index contributed by atoms with van der Waals surface area (Å²) in [5, 5.41) is 8.54. The molecule has 0 aromatic carbocycles. The lowest BCUT2D eigenvalue weighted by atomic mass is 10.1. The molecular formula is C9H16N2O3S. The summed E-state index contributed by atoms with van der Waals surface area (Å²) < 4.78 is 0. The third-order valence-electron chi connectivity index (χ3n) is 2.64. The van der Waals surface area contributed by atoms with Crippen LogP contribution in [-0.2, 0) is 9.59 Å². The van der Waals surface area contributed by atoms with Gasteiger partial charge in [0.05, 0.1) is 0 Å². The SMILES string of the molecule is C[C@@H](CS)C(=O)N1CCC[C@H]1C(=O)NO. The van der Waals surface area contributed by atoms with Crippen LogP contribution in [0.3, 0.4) is 0 Å². The molecule has 1 heterocycles. The molecule has 86 valence electrons. The first-order valence-corrected chi connectivity index (χ1v) is 5.60. The molecule has 1 fully saturated rings. The van der Waals surface area contributed by atoms with E-state index in [1.54, 1.807) is 12.4 Å². The van der Waals surface area contributed by atoms with Crippen molar-refractivity contribution >= 4 is 24.4 Å². The number of carbonyl (C=O) groups is 2. The number of hydrogen-bond acceptors (Lipinski definition) is 4. The van der Waals surface area contributed by atoms with E-state index < -0.39 is 11.9 Å². The molecule has 2 atom stereocenters. The number of nitrogens with zero attached hydrogens (tertiary/aromatic N) is 1. The molecule has 1 aliphatic heterocycles. The van der Waals surface area contributed by atoms with Crippen LogP contribution < -0.4 is 5.48 Å². The molecule has 15 heavy (non-hydrogen) atoms. The van der Waals surface area contributed by atoms with Gasteiger partial charge in [-0.2, -0.15) is 12.6 Å². The molecule has 0 aromatic rings. The number of likely N-dealkylation sites (tertiary alicyclic amines) is 1. The van der Waals surface area contributed by atoms with Crippen molar-refractivity contribution in [3.63, 3.8) is 0 Å². The van der Waals surface area contributed by atoms with Gasteiger partial charge in [-0.05, 0) is 12.8 Å². The minimum Gasteiger partial charge on any atom is -0.330 e. The fourth-order valence-corrected chi connectivity index (χ4v) is 1.89. The third-order valence-corrected chi connectivity index (χ3v) is 3.19. The summed E-state index contributed by atoms with van der Waals surface area (Å²) in [5.74, 6) is -0.313. The summed E-state index contributed by atoms with van der Waals surface area (Å²) in [5.41, 5.74) is 1.60. The van der Waals surface area contributed by atoms with E-state index in [2.05, 4.69) is 12.6 Å². The van der Waals surface area contributed by atoms with Gasteiger partial charge in [0.2, 0.25) is 5.91 Å². The number of amides is 2. The summed E-state index contributed by atoms with van der Waals surface area (Å²) >= 11 is 4.05. The smallest absolute Gasteiger partial charge is 0.266 e. The average Bonchev–Trinajstić information content (AvgIpc) is 2.74. The molecule has 0 spiro atoms. The van der Waals surface area contributed by atoms with E-state index in [-0.39, 0.29) is 11.8 Å². The van der Waals surface area contributed by atoms with Crippen molar-refractivity contribution in [2.75, 3.05) is 12.3 Å². The van der Waals surface area contributed by atoms with E-state index in [0.717, 1.165) is 6.42 Å². The molecule has 0 radical (unpaired) electrons. The maximum atomic E-state index is 11.8. The van der Waals surface area contributed by atoms with Crippen molar-refractivity contribution in [3.05, 3.63) is 0 Å². The summed E-state index contributed by atoms with van der Waals surface area (Å²) in [7, 11) is 0. The molecular weight excluding hydrogens is 216 g/mol. The maximum Gasteiger partial charge on any atom is 0.266 e. The van der Waals surface area contributed by atoms with Crippen LogP contribution in [-0.4, -0.2) is 40.3 Å². The number of rotatable bonds is 3. The van der Waals surface area contributed by atoms with E-state index in [0.29, 0.717) is 18.7 Å². The second-order valence-corrected chi connectivity index (χ2v) is 4.11. The molecule has 2 N–H and O–H groups in total. The second kappa shape index (κ2) is 5.37. The first-order chi connectivity index (χ1) is 7.11. The Bertz CT molecular complexity index is 260. The topological polar surface area (TPSA) is 69.6 Å². The summed E-state index contributed by atoms with van der Waals surface area (Å²) in [6.45, 7) is 2.36. The van der Waals surface area contributed by atoms with E-state index >= 15 is 0 Å². The molecule has 0 aliphatic carbocycles. The van der Waals surface area contributed by atoms with Crippen molar-refractivity contribution in [2.24, 2.45) is 5.92 Å². The highest BCUT2D eigenvalue weighted by Crippen LogP contribution is 2.20. The molecule has 1 rings (SSSR count). The summed E-state index contributed by atoms with van der Waals surface area (Å²) in [4.78, 5) is 24.6. The number of carbonyl (C=O) groups excluding carboxylic acids is 2. The van der Waals surface area contributed by atoms with Gasteiger partial charge in [0.15, 0.2) is 0 Å².